The van der Waals surface area contributed by atoms with Crippen molar-refractivity contribution in [2.45, 2.75) is 95.2 Å². The second-order valence-electron chi connectivity index (χ2n) is 17.4. The number of anilines is 5. The molecule has 8 rings (SSSR count). The third-order valence-corrected chi connectivity index (χ3v) is 13.5. The standard InChI is InChI=1S/C46H55N9O8/c1-5-33-42(60)52(2)35-26-47-43(50-40(35)55(33)31-8-6-7-9-31)48-32-13-12-30(25-37(32)63-4)41(59)51-46(19-23-56)27-45(28-46)17-21-53(22-18-45)39(58)15-11-29-10-14-36(62-3)34(24-29)54-20-16-38(57)49-44(54)61/h10,12-14,24-26,31,33,56H,5-9,16-23,27-28H2,1-4H3,(H,51,59)(H,47,48,50)(H,49,57,61)/t33-/m1/s1. The highest BCUT2D eigenvalue weighted by Gasteiger charge is 2.55. The number of aromatic nitrogens is 2. The Morgan fingerprint density at radius 2 is 1.73 bits per heavy atom. The molecule has 0 bridgehead atoms. The van der Waals surface area contributed by atoms with Gasteiger partial charge in [0.05, 0.1) is 31.8 Å². The molecule has 17 nitrogen and oxygen atoms in total. The van der Waals surface area contributed by atoms with Crippen LogP contribution in [0.2, 0.25) is 0 Å². The lowest BCUT2D eigenvalue weighted by Crippen LogP contribution is -2.64. The van der Waals surface area contributed by atoms with Crippen LogP contribution in [0, 0.1) is 17.3 Å². The lowest BCUT2D eigenvalue weighted by atomic mass is 9.52. The Hall–Kier alpha value is -6.41. The van der Waals surface area contributed by atoms with E-state index in [0.29, 0.717) is 84.4 Å². The number of likely N-dealkylation sites (N-methyl/N-ethyl adjacent to an activating group) is 1. The molecule has 63 heavy (non-hydrogen) atoms. The number of benzene rings is 2. The monoisotopic (exact) mass is 861 g/mol. The molecule has 2 saturated heterocycles. The van der Waals surface area contributed by atoms with E-state index in [-0.39, 0.29) is 60.7 Å². The summed E-state index contributed by atoms with van der Waals surface area (Å²) >= 11 is 0. The molecule has 1 atom stereocenters. The van der Waals surface area contributed by atoms with Crippen molar-refractivity contribution in [1.82, 2.24) is 25.5 Å². The number of hydrogen-bond donors (Lipinski definition) is 4. The van der Waals surface area contributed by atoms with Crippen molar-refractivity contribution in [3.63, 3.8) is 0 Å². The first-order valence-corrected chi connectivity index (χ1v) is 21.8. The van der Waals surface area contributed by atoms with E-state index in [4.69, 9.17) is 14.5 Å². The second-order valence-corrected chi connectivity index (χ2v) is 17.4. The molecule has 4 heterocycles. The number of amides is 6. The summed E-state index contributed by atoms with van der Waals surface area (Å²) in [5.41, 5.74) is 1.95. The maximum absolute atomic E-state index is 13.8. The molecule has 0 radical (unpaired) electrons. The van der Waals surface area contributed by atoms with E-state index in [1.807, 2.05) is 6.92 Å². The van der Waals surface area contributed by atoms with Crippen molar-refractivity contribution in [1.29, 1.82) is 0 Å². The van der Waals surface area contributed by atoms with Gasteiger partial charge in [0.25, 0.3) is 11.8 Å². The van der Waals surface area contributed by atoms with Crippen molar-refractivity contribution in [3.8, 4) is 23.3 Å². The van der Waals surface area contributed by atoms with E-state index < -0.39 is 11.6 Å². The number of piperidine rings is 1. The van der Waals surface area contributed by atoms with Crippen molar-refractivity contribution >= 4 is 58.5 Å². The second kappa shape index (κ2) is 17.8. The first kappa shape index (κ1) is 43.2. The Kier molecular flexibility index (Phi) is 12.2. The van der Waals surface area contributed by atoms with E-state index in [9.17, 15) is 29.1 Å². The number of nitrogens with one attached hydrogen (secondary N) is 3. The normalized spacial score (nSPS) is 20.3. The Bertz CT molecular complexity index is 2360. The number of carbonyl (C=O) groups is 5. The number of urea groups is 1. The number of fused-ring (bicyclic) bond motifs is 1. The summed E-state index contributed by atoms with van der Waals surface area (Å²) in [6.07, 6.45) is 10.0. The number of carbonyl (C=O) groups excluding carboxylic acids is 5. The van der Waals surface area contributed by atoms with Crippen LogP contribution in [-0.4, -0.2) is 115 Å². The Labute approximate surface area is 366 Å². The number of ether oxygens (including phenoxy) is 2. The van der Waals surface area contributed by atoms with Gasteiger partial charge in [-0.2, -0.15) is 4.98 Å². The van der Waals surface area contributed by atoms with Gasteiger partial charge in [0.15, 0.2) is 5.82 Å². The molecule has 1 spiro atoms. The van der Waals surface area contributed by atoms with E-state index in [2.05, 4.69) is 37.7 Å². The minimum atomic E-state index is -0.598. The minimum Gasteiger partial charge on any atom is -0.495 e. The van der Waals surface area contributed by atoms with Crippen LogP contribution in [0.1, 0.15) is 93.5 Å². The number of aliphatic hydroxyl groups is 1. The molecule has 2 saturated carbocycles. The molecule has 332 valence electrons. The number of methoxy groups -OCH3 is 2. The van der Waals surface area contributed by atoms with Gasteiger partial charge < -0.3 is 39.9 Å². The summed E-state index contributed by atoms with van der Waals surface area (Å²) in [5.74, 6) is 6.76. The van der Waals surface area contributed by atoms with Gasteiger partial charge in [-0.15, -0.1) is 0 Å². The average molecular weight is 862 g/mol. The van der Waals surface area contributed by atoms with Gasteiger partial charge in [-0.1, -0.05) is 25.7 Å². The average Bonchev–Trinajstić information content (AvgIpc) is 3.81. The number of imide groups is 1. The van der Waals surface area contributed by atoms with Crippen LogP contribution in [0.25, 0.3) is 0 Å². The van der Waals surface area contributed by atoms with Gasteiger partial charge in [0.1, 0.15) is 23.2 Å². The topological polar surface area (TPSA) is 199 Å². The maximum Gasteiger partial charge on any atom is 0.328 e. The maximum atomic E-state index is 13.8. The molecule has 4 fully saturated rings. The first-order valence-electron chi connectivity index (χ1n) is 21.8. The van der Waals surface area contributed by atoms with Crippen LogP contribution in [0.4, 0.5) is 33.6 Å². The Morgan fingerprint density at radius 1 is 0.984 bits per heavy atom. The van der Waals surface area contributed by atoms with Crippen LogP contribution in [0.3, 0.4) is 0 Å². The lowest BCUT2D eigenvalue weighted by molar-refractivity contribution is -0.130. The van der Waals surface area contributed by atoms with Crippen LogP contribution in [0.5, 0.6) is 11.5 Å². The number of nitrogens with zero attached hydrogens (tertiary/aromatic N) is 6. The smallest absolute Gasteiger partial charge is 0.328 e. The molecule has 6 amide bonds. The lowest BCUT2D eigenvalue weighted by Gasteiger charge is -2.59. The third kappa shape index (κ3) is 8.56. The van der Waals surface area contributed by atoms with E-state index in [1.54, 1.807) is 59.4 Å². The molecule has 17 heteroatoms. The van der Waals surface area contributed by atoms with Crippen molar-refractivity contribution < 1.29 is 38.6 Å². The fourth-order valence-electron chi connectivity index (χ4n) is 10.3. The highest BCUT2D eigenvalue weighted by atomic mass is 16.5. The summed E-state index contributed by atoms with van der Waals surface area (Å²) in [7, 11) is 4.80. The third-order valence-electron chi connectivity index (χ3n) is 13.5. The zero-order valence-electron chi connectivity index (χ0n) is 36.3. The molecule has 3 aromatic rings. The van der Waals surface area contributed by atoms with Crippen molar-refractivity contribution in [2.24, 2.45) is 5.41 Å². The molecule has 0 unspecified atom stereocenters. The molecule has 1 aromatic heterocycles. The summed E-state index contributed by atoms with van der Waals surface area (Å²) in [5, 5.41) is 18.9. The predicted molar refractivity (Wildman–Crippen MR) is 235 cm³/mol. The molecular weight excluding hydrogens is 807 g/mol. The number of hydrogen-bond acceptors (Lipinski definition) is 12. The molecule has 4 N–H and O–H groups in total. The molecule has 5 aliphatic rings. The zero-order valence-corrected chi connectivity index (χ0v) is 36.3. The first-order chi connectivity index (χ1) is 30.4. The molecule has 2 aliphatic carbocycles. The van der Waals surface area contributed by atoms with Gasteiger partial charge in [0, 0.05) is 68.3 Å². The predicted octanol–water partition coefficient (Wildman–Crippen LogP) is 4.49. The van der Waals surface area contributed by atoms with Gasteiger partial charge in [-0.3, -0.25) is 29.4 Å². The quantitative estimate of drug-likeness (QED) is 0.198. The largest absolute Gasteiger partial charge is 0.495 e. The van der Waals surface area contributed by atoms with E-state index in [0.717, 1.165) is 44.3 Å². The number of rotatable bonds is 11. The fraction of sp³-hybridized carbons (Fsp3) is 0.500. The molecule has 3 aliphatic heterocycles. The summed E-state index contributed by atoms with van der Waals surface area (Å²) in [6.45, 7) is 3.17. The van der Waals surface area contributed by atoms with Crippen LogP contribution < -0.4 is 40.1 Å². The van der Waals surface area contributed by atoms with Gasteiger partial charge in [-0.05, 0) is 93.2 Å². The van der Waals surface area contributed by atoms with Crippen molar-refractivity contribution in [3.05, 3.63) is 53.7 Å². The summed E-state index contributed by atoms with van der Waals surface area (Å²) in [4.78, 5) is 81.1. The van der Waals surface area contributed by atoms with Crippen LogP contribution in [0.15, 0.2) is 42.6 Å². The van der Waals surface area contributed by atoms with Crippen molar-refractivity contribution in [2.75, 3.05) is 67.5 Å². The highest BCUT2D eigenvalue weighted by molar-refractivity contribution is 6.06. The van der Waals surface area contributed by atoms with E-state index >= 15 is 0 Å². The Morgan fingerprint density at radius 3 is 2.41 bits per heavy atom. The zero-order chi connectivity index (χ0) is 44.5. The molecular formula is C46H55N9O8. The summed E-state index contributed by atoms with van der Waals surface area (Å²) in [6, 6.07) is 9.61. The SMILES string of the molecule is CC[C@@H]1C(=O)N(C)c2cnc(Nc3ccc(C(=O)NC4(CCO)CC5(CCN(C(=O)C#Cc6ccc(OC)c(N7CCC(=O)NC7=O)c6)CC5)C4)cc3OC)nc2N1C1CCCC1. The number of likely N-dealkylation sites (tertiary alicyclic amines) is 1. The van der Waals surface area contributed by atoms with Gasteiger partial charge in [0.2, 0.25) is 17.8 Å². The van der Waals surface area contributed by atoms with E-state index in [1.165, 1.54) is 19.1 Å². The summed E-state index contributed by atoms with van der Waals surface area (Å²) < 4.78 is 11.2. The van der Waals surface area contributed by atoms with Gasteiger partial charge in [-0.25, -0.2) is 9.78 Å². The Balaban J connectivity index is 0.894. The van der Waals surface area contributed by atoms with Gasteiger partial charge >= 0.3 is 6.03 Å². The fourth-order valence-corrected chi connectivity index (χ4v) is 10.3. The van der Waals surface area contributed by atoms with Crippen LogP contribution >= 0.6 is 0 Å². The molecule has 2 aromatic carbocycles. The number of aliphatic hydroxyl groups excluding tert-OH is 1. The minimum absolute atomic E-state index is 0.0462. The van der Waals surface area contributed by atoms with Crippen LogP contribution in [-0.2, 0) is 14.4 Å². The highest BCUT2D eigenvalue weighted by Crippen LogP contribution is 2.56.